The number of amides is 1. The Morgan fingerprint density at radius 1 is 1.18 bits per heavy atom. The van der Waals surface area contributed by atoms with Gasteiger partial charge in [0.05, 0.1) is 26.5 Å². The number of carbonyl (C=O) groups is 1. The molecule has 2 aromatic rings. The number of halogens is 1. The molecule has 0 aliphatic heterocycles. The van der Waals surface area contributed by atoms with Crippen molar-refractivity contribution in [2.45, 2.75) is 20.4 Å². The first-order chi connectivity index (χ1) is 13.2. The lowest BCUT2D eigenvalue weighted by molar-refractivity contribution is -0.119. The number of rotatable bonds is 9. The van der Waals surface area contributed by atoms with Gasteiger partial charge in [-0.25, -0.2) is 4.99 Å². The monoisotopic (exact) mass is 502 g/mol. The van der Waals surface area contributed by atoms with Crippen LogP contribution in [0, 0.1) is 0 Å². The van der Waals surface area contributed by atoms with Crippen molar-refractivity contribution in [3.05, 3.63) is 42.4 Å². The maximum absolute atomic E-state index is 12.0. The van der Waals surface area contributed by atoms with Crippen LogP contribution in [0.15, 0.2) is 46.0 Å². The molecule has 0 radical (unpaired) electrons. The summed E-state index contributed by atoms with van der Waals surface area (Å²) in [4.78, 5) is 16.3. The number of nitrogens with one attached hydrogen (secondary N) is 3. The summed E-state index contributed by atoms with van der Waals surface area (Å²) < 4.78 is 16.0. The van der Waals surface area contributed by atoms with E-state index in [4.69, 9.17) is 13.9 Å². The van der Waals surface area contributed by atoms with Crippen LogP contribution in [-0.4, -0.2) is 38.7 Å². The predicted octanol–water partition coefficient (Wildman–Crippen LogP) is 3.00. The average molecular weight is 502 g/mol. The average Bonchev–Trinajstić information content (AvgIpc) is 3.19. The van der Waals surface area contributed by atoms with E-state index in [9.17, 15) is 4.79 Å². The molecule has 0 saturated carbocycles. The SMILES string of the molecule is CCNC(=NCC(=O)NCc1ccco1)Nc1ccc(OCC)c(OC)c1.I. The lowest BCUT2D eigenvalue weighted by atomic mass is 10.2. The molecule has 3 N–H and O–H groups in total. The summed E-state index contributed by atoms with van der Waals surface area (Å²) >= 11 is 0. The largest absolute Gasteiger partial charge is 0.493 e. The highest BCUT2D eigenvalue weighted by Gasteiger charge is 2.08. The van der Waals surface area contributed by atoms with Crippen LogP contribution in [0.1, 0.15) is 19.6 Å². The molecule has 0 unspecified atom stereocenters. The van der Waals surface area contributed by atoms with Gasteiger partial charge in [-0.05, 0) is 38.1 Å². The third-order valence-electron chi connectivity index (χ3n) is 3.49. The summed E-state index contributed by atoms with van der Waals surface area (Å²) in [5.41, 5.74) is 0.769. The van der Waals surface area contributed by atoms with Gasteiger partial charge in [-0.1, -0.05) is 0 Å². The molecule has 0 fully saturated rings. The van der Waals surface area contributed by atoms with Crippen LogP contribution >= 0.6 is 24.0 Å². The molecule has 28 heavy (non-hydrogen) atoms. The fourth-order valence-electron chi connectivity index (χ4n) is 2.27. The minimum absolute atomic E-state index is 0. The predicted molar refractivity (Wildman–Crippen MR) is 120 cm³/mol. The minimum Gasteiger partial charge on any atom is -0.493 e. The molecule has 1 aromatic heterocycles. The van der Waals surface area contributed by atoms with E-state index in [0.29, 0.717) is 42.9 Å². The molecule has 0 aliphatic carbocycles. The molecule has 154 valence electrons. The topological polar surface area (TPSA) is 97.1 Å². The number of methoxy groups -OCH3 is 1. The van der Waals surface area contributed by atoms with Crippen molar-refractivity contribution in [2.24, 2.45) is 4.99 Å². The maximum Gasteiger partial charge on any atom is 0.242 e. The molecule has 0 atom stereocenters. The number of hydrogen-bond donors (Lipinski definition) is 3. The van der Waals surface area contributed by atoms with E-state index < -0.39 is 0 Å². The third kappa shape index (κ3) is 7.67. The van der Waals surface area contributed by atoms with Crippen molar-refractivity contribution in [3.63, 3.8) is 0 Å². The summed E-state index contributed by atoms with van der Waals surface area (Å²) in [6.45, 7) is 5.41. The second-order valence-electron chi connectivity index (χ2n) is 5.47. The highest BCUT2D eigenvalue weighted by Crippen LogP contribution is 2.30. The summed E-state index contributed by atoms with van der Waals surface area (Å²) in [6, 6.07) is 9.07. The zero-order valence-corrected chi connectivity index (χ0v) is 18.6. The van der Waals surface area contributed by atoms with Crippen LogP contribution < -0.4 is 25.4 Å². The molecule has 0 aliphatic rings. The molecule has 0 bridgehead atoms. The van der Waals surface area contributed by atoms with Gasteiger partial charge in [-0.2, -0.15) is 0 Å². The Morgan fingerprint density at radius 2 is 2.00 bits per heavy atom. The van der Waals surface area contributed by atoms with Crippen molar-refractivity contribution < 1.29 is 18.7 Å². The molecule has 1 heterocycles. The Bertz CT molecular complexity index is 750. The fraction of sp³-hybridized carbons (Fsp3) is 0.368. The fourth-order valence-corrected chi connectivity index (χ4v) is 2.27. The van der Waals surface area contributed by atoms with Gasteiger partial charge in [-0.3, -0.25) is 4.79 Å². The van der Waals surface area contributed by atoms with Crippen molar-refractivity contribution >= 4 is 41.5 Å². The number of ether oxygens (including phenoxy) is 2. The number of guanidine groups is 1. The zero-order valence-electron chi connectivity index (χ0n) is 16.3. The molecule has 2 rings (SSSR count). The van der Waals surface area contributed by atoms with Gasteiger partial charge < -0.3 is 29.8 Å². The number of benzene rings is 1. The Labute approximate surface area is 182 Å². The number of anilines is 1. The summed E-state index contributed by atoms with van der Waals surface area (Å²) in [7, 11) is 1.59. The third-order valence-corrected chi connectivity index (χ3v) is 3.49. The summed E-state index contributed by atoms with van der Waals surface area (Å²) in [5, 5.41) is 9.01. The number of nitrogens with zero attached hydrogens (tertiary/aromatic N) is 1. The summed E-state index contributed by atoms with van der Waals surface area (Å²) in [5.74, 6) is 2.28. The van der Waals surface area contributed by atoms with Gasteiger partial charge in [-0.15, -0.1) is 24.0 Å². The van der Waals surface area contributed by atoms with Gasteiger partial charge in [0.25, 0.3) is 0 Å². The van der Waals surface area contributed by atoms with Gasteiger partial charge in [0, 0.05) is 18.3 Å². The van der Waals surface area contributed by atoms with Crippen LogP contribution in [0.4, 0.5) is 5.69 Å². The molecule has 0 spiro atoms. The number of aliphatic imine (C=N–C) groups is 1. The molecular formula is C19H27IN4O4. The van der Waals surface area contributed by atoms with Crippen LogP contribution in [0.2, 0.25) is 0 Å². The van der Waals surface area contributed by atoms with Crippen LogP contribution in [0.25, 0.3) is 0 Å². The van der Waals surface area contributed by atoms with E-state index in [2.05, 4.69) is 20.9 Å². The number of carbonyl (C=O) groups excluding carboxylic acids is 1. The summed E-state index contributed by atoms with van der Waals surface area (Å²) in [6.07, 6.45) is 1.57. The molecule has 8 nitrogen and oxygen atoms in total. The van der Waals surface area contributed by atoms with E-state index in [1.165, 1.54) is 0 Å². The quantitative estimate of drug-likeness (QED) is 0.277. The first-order valence-electron chi connectivity index (χ1n) is 8.81. The normalized spacial score (nSPS) is 10.6. The lowest BCUT2D eigenvalue weighted by Gasteiger charge is -2.14. The first-order valence-corrected chi connectivity index (χ1v) is 8.81. The van der Waals surface area contributed by atoms with E-state index in [1.807, 2.05) is 32.0 Å². The van der Waals surface area contributed by atoms with Crippen molar-refractivity contribution in [1.82, 2.24) is 10.6 Å². The van der Waals surface area contributed by atoms with Crippen LogP contribution in [-0.2, 0) is 11.3 Å². The zero-order chi connectivity index (χ0) is 19.5. The lowest BCUT2D eigenvalue weighted by Crippen LogP contribution is -2.33. The van der Waals surface area contributed by atoms with Crippen LogP contribution in [0.5, 0.6) is 11.5 Å². The van der Waals surface area contributed by atoms with E-state index >= 15 is 0 Å². The number of furan rings is 1. The van der Waals surface area contributed by atoms with Gasteiger partial charge >= 0.3 is 0 Å². The Balaban J connectivity index is 0.00000392. The Hall–Kier alpha value is -2.43. The smallest absolute Gasteiger partial charge is 0.242 e. The van der Waals surface area contributed by atoms with Crippen LogP contribution in [0.3, 0.4) is 0 Å². The molecular weight excluding hydrogens is 475 g/mol. The highest BCUT2D eigenvalue weighted by atomic mass is 127. The van der Waals surface area contributed by atoms with E-state index in [1.54, 1.807) is 25.5 Å². The standard InChI is InChI=1S/C19H26N4O4.HI/c1-4-20-19(22-13-18(24)21-12-15-7-6-10-27-15)23-14-8-9-16(26-5-2)17(11-14)25-3;/h6-11H,4-5,12-13H2,1-3H3,(H,21,24)(H2,20,22,23);1H. The van der Waals surface area contributed by atoms with Crippen molar-refractivity contribution in [3.8, 4) is 11.5 Å². The molecule has 1 amide bonds. The highest BCUT2D eigenvalue weighted by molar-refractivity contribution is 14.0. The second kappa shape index (κ2) is 12.9. The molecule has 9 heteroatoms. The second-order valence-corrected chi connectivity index (χ2v) is 5.47. The molecule has 1 aromatic carbocycles. The Morgan fingerprint density at radius 3 is 2.64 bits per heavy atom. The first kappa shape index (κ1) is 23.6. The van der Waals surface area contributed by atoms with Gasteiger partial charge in [0.1, 0.15) is 12.3 Å². The van der Waals surface area contributed by atoms with Crippen molar-refractivity contribution in [1.29, 1.82) is 0 Å². The van der Waals surface area contributed by atoms with E-state index in [-0.39, 0.29) is 36.4 Å². The van der Waals surface area contributed by atoms with Crippen molar-refractivity contribution in [2.75, 3.05) is 32.1 Å². The van der Waals surface area contributed by atoms with Gasteiger partial charge in [0.15, 0.2) is 17.5 Å². The number of hydrogen-bond acceptors (Lipinski definition) is 5. The molecule has 0 saturated heterocycles. The Kier molecular flexibility index (Phi) is 10.8. The maximum atomic E-state index is 12.0. The minimum atomic E-state index is -0.201. The van der Waals surface area contributed by atoms with E-state index in [0.717, 1.165) is 5.69 Å². The van der Waals surface area contributed by atoms with Gasteiger partial charge in [0.2, 0.25) is 5.91 Å².